The third-order valence-corrected chi connectivity index (χ3v) is 4.33. The molecule has 0 radical (unpaired) electrons. The molecule has 2 fully saturated rings. The van der Waals surface area contributed by atoms with Gasteiger partial charge in [-0.2, -0.15) is 0 Å². The molecule has 108 valence electrons. The van der Waals surface area contributed by atoms with Gasteiger partial charge < -0.3 is 15.1 Å². The molecule has 2 aliphatic heterocycles. The van der Waals surface area contributed by atoms with Crippen LogP contribution in [0.4, 0.5) is 10.5 Å². The maximum atomic E-state index is 12.4. The topological polar surface area (TPSA) is 35.6 Å². The molecule has 4 nitrogen and oxygen atoms in total. The Morgan fingerprint density at radius 2 is 1.85 bits per heavy atom. The third kappa shape index (κ3) is 3.12. The first kappa shape index (κ1) is 13.4. The molecule has 2 heterocycles. The van der Waals surface area contributed by atoms with Gasteiger partial charge in [-0.05, 0) is 50.9 Å². The maximum absolute atomic E-state index is 12.4. The summed E-state index contributed by atoms with van der Waals surface area (Å²) in [5, 5.41) is 3.01. The van der Waals surface area contributed by atoms with Crippen molar-refractivity contribution in [1.82, 2.24) is 9.80 Å². The molecule has 0 unspecified atom stereocenters. The Labute approximate surface area is 120 Å². The number of likely N-dealkylation sites (tertiary alicyclic amines) is 2. The molecular weight excluding hydrogens is 250 g/mol. The molecule has 1 aromatic rings. The van der Waals surface area contributed by atoms with Gasteiger partial charge in [0.1, 0.15) is 0 Å². The lowest BCUT2D eigenvalue weighted by molar-refractivity contribution is 0.186. The number of para-hydroxylation sites is 1. The summed E-state index contributed by atoms with van der Waals surface area (Å²) in [4.78, 5) is 16.9. The molecule has 0 aromatic heterocycles. The summed E-state index contributed by atoms with van der Waals surface area (Å²) in [6, 6.07) is 10.2. The number of anilines is 1. The quantitative estimate of drug-likeness (QED) is 0.919. The van der Waals surface area contributed by atoms with Crippen LogP contribution >= 0.6 is 0 Å². The van der Waals surface area contributed by atoms with E-state index in [0.717, 1.165) is 31.6 Å². The molecule has 0 spiro atoms. The van der Waals surface area contributed by atoms with Crippen LogP contribution in [0.2, 0.25) is 0 Å². The van der Waals surface area contributed by atoms with Crippen LogP contribution in [-0.2, 0) is 0 Å². The van der Waals surface area contributed by atoms with Crippen LogP contribution in [0.1, 0.15) is 25.7 Å². The van der Waals surface area contributed by atoms with Crippen LogP contribution in [0, 0.1) is 0 Å². The zero-order valence-corrected chi connectivity index (χ0v) is 11.9. The average molecular weight is 273 g/mol. The van der Waals surface area contributed by atoms with Gasteiger partial charge in [-0.15, -0.1) is 0 Å². The van der Waals surface area contributed by atoms with Crippen molar-refractivity contribution >= 4 is 11.7 Å². The first-order valence-corrected chi connectivity index (χ1v) is 7.68. The van der Waals surface area contributed by atoms with Crippen LogP contribution < -0.4 is 5.32 Å². The molecule has 1 N–H and O–H groups in total. The van der Waals surface area contributed by atoms with E-state index in [1.807, 2.05) is 35.2 Å². The van der Waals surface area contributed by atoms with Gasteiger partial charge in [0.25, 0.3) is 0 Å². The van der Waals surface area contributed by atoms with Crippen LogP contribution in [0.3, 0.4) is 0 Å². The van der Waals surface area contributed by atoms with Gasteiger partial charge >= 0.3 is 6.03 Å². The Bertz CT molecular complexity index is 442. The second kappa shape index (κ2) is 6.27. The standard InChI is InChI=1S/C16H23N3O/c20-16(17-14-7-2-1-3-8-14)19-12-6-9-15(19)13-18-10-4-5-11-18/h1-3,7-8,15H,4-6,9-13H2,(H,17,20)/t15-/m0/s1. The highest BCUT2D eigenvalue weighted by molar-refractivity contribution is 5.89. The highest BCUT2D eigenvalue weighted by Crippen LogP contribution is 2.21. The number of benzene rings is 1. The van der Waals surface area contributed by atoms with Crippen LogP contribution in [0.15, 0.2) is 30.3 Å². The molecule has 0 bridgehead atoms. The fourth-order valence-corrected chi connectivity index (χ4v) is 3.27. The van der Waals surface area contributed by atoms with Gasteiger partial charge in [0, 0.05) is 24.8 Å². The Balaban J connectivity index is 1.58. The second-order valence-electron chi connectivity index (χ2n) is 5.79. The number of amides is 2. The first-order chi connectivity index (χ1) is 9.83. The van der Waals surface area contributed by atoms with E-state index in [-0.39, 0.29) is 6.03 Å². The molecule has 4 heteroatoms. The van der Waals surface area contributed by atoms with E-state index in [0.29, 0.717) is 6.04 Å². The van der Waals surface area contributed by atoms with Crippen LogP contribution in [0.5, 0.6) is 0 Å². The number of hydrogen-bond acceptors (Lipinski definition) is 2. The molecule has 3 rings (SSSR count). The Hall–Kier alpha value is -1.55. The van der Waals surface area contributed by atoms with Crippen molar-refractivity contribution in [3.63, 3.8) is 0 Å². The van der Waals surface area contributed by atoms with Gasteiger partial charge in [0.15, 0.2) is 0 Å². The van der Waals surface area contributed by atoms with Crippen molar-refractivity contribution in [1.29, 1.82) is 0 Å². The Morgan fingerprint density at radius 1 is 1.10 bits per heavy atom. The first-order valence-electron chi connectivity index (χ1n) is 7.68. The molecule has 0 saturated carbocycles. The summed E-state index contributed by atoms with van der Waals surface area (Å²) in [7, 11) is 0. The van der Waals surface area contributed by atoms with Crippen LogP contribution in [-0.4, -0.2) is 48.1 Å². The van der Waals surface area contributed by atoms with E-state index < -0.39 is 0 Å². The number of carbonyl (C=O) groups is 1. The average Bonchev–Trinajstić information content (AvgIpc) is 3.12. The van der Waals surface area contributed by atoms with Gasteiger partial charge in [-0.3, -0.25) is 0 Å². The van der Waals surface area contributed by atoms with E-state index in [4.69, 9.17) is 0 Å². The summed E-state index contributed by atoms with van der Waals surface area (Å²) in [5.41, 5.74) is 0.879. The molecule has 2 saturated heterocycles. The minimum atomic E-state index is 0.0536. The predicted octanol–water partition coefficient (Wildman–Crippen LogP) is 2.78. The number of urea groups is 1. The van der Waals surface area contributed by atoms with Crippen molar-refractivity contribution < 1.29 is 4.79 Å². The van der Waals surface area contributed by atoms with E-state index in [2.05, 4.69) is 10.2 Å². The zero-order valence-electron chi connectivity index (χ0n) is 11.9. The Kier molecular flexibility index (Phi) is 4.21. The summed E-state index contributed by atoms with van der Waals surface area (Å²) in [5.74, 6) is 0. The lowest BCUT2D eigenvalue weighted by atomic mass is 10.2. The van der Waals surface area contributed by atoms with Gasteiger partial charge in [-0.25, -0.2) is 4.79 Å². The smallest absolute Gasteiger partial charge is 0.320 e. The minimum absolute atomic E-state index is 0.0536. The van der Waals surface area contributed by atoms with Crippen molar-refractivity contribution in [2.75, 3.05) is 31.5 Å². The normalized spacial score (nSPS) is 23.2. The maximum Gasteiger partial charge on any atom is 0.322 e. The van der Waals surface area contributed by atoms with E-state index >= 15 is 0 Å². The second-order valence-corrected chi connectivity index (χ2v) is 5.79. The van der Waals surface area contributed by atoms with Crippen molar-refractivity contribution in [3.05, 3.63) is 30.3 Å². The molecule has 2 aliphatic rings. The predicted molar refractivity (Wildman–Crippen MR) is 80.9 cm³/mol. The molecule has 0 aliphatic carbocycles. The highest BCUT2D eigenvalue weighted by Gasteiger charge is 2.30. The van der Waals surface area contributed by atoms with Crippen molar-refractivity contribution in [2.24, 2.45) is 0 Å². The summed E-state index contributed by atoms with van der Waals surface area (Å²) in [6.45, 7) is 4.33. The molecule has 1 atom stereocenters. The lowest BCUT2D eigenvalue weighted by Crippen LogP contribution is -2.44. The fraction of sp³-hybridized carbons (Fsp3) is 0.562. The van der Waals surface area contributed by atoms with Gasteiger partial charge in [0.05, 0.1) is 0 Å². The van der Waals surface area contributed by atoms with E-state index in [9.17, 15) is 4.79 Å². The van der Waals surface area contributed by atoms with Crippen molar-refractivity contribution in [3.8, 4) is 0 Å². The number of nitrogens with zero attached hydrogens (tertiary/aromatic N) is 2. The lowest BCUT2D eigenvalue weighted by Gasteiger charge is -2.28. The monoisotopic (exact) mass is 273 g/mol. The molecule has 1 aromatic carbocycles. The largest absolute Gasteiger partial charge is 0.322 e. The molecular formula is C16H23N3O. The minimum Gasteiger partial charge on any atom is -0.320 e. The molecule has 2 amide bonds. The summed E-state index contributed by atoms with van der Waals surface area (Å²) < 4.78 is 0. The number of hydrogen-bond donors (Lipinski definition) is 1. The highest BCUT2D eigenvalue weighted by atomic mass is 16.2. The Morgan fingerprint density at radius 3 is 2.60 bits per heavy atom. The SMILES string of the molecule is O=C(Nc1ccccc1)N1CCC[C@H]1CN1CCCC1. The molecule has 20 heavy (non-hydrogen) atoms. The third-order valence-electron chi connectivity index (χ3n) is 4.33. The van der Waals surface area contributed by atoms with Crippen LogP contribution in [0.25, 0.3) is 0 Å². The number of rotatable bonds is 3. The van der Waals surface area contributed by atoms with E-state index in [1.165, 1.54) is 25.9 Å². The summed E-state index contributed by atoms with van der Waals surface area (Å²) in [6.07, 6.45) is 4.88. The van der Waals surface area contributed by atoms with Gasteiger partial charge in [-0.1, -0.05) is 18.2 Å². The zero-order chi connectivity index (χ0) is 13.8. The number of nitrogens with one attached hydrogen (secondary N) is 1. The van der Waals surface area contributed by atoms with Gasteiger partial charge in [0.2, 0.25) is 0 Å². The summed E-state index contributed by atoms with van der Waals surface area (Å²) >= 11 is 0. The number of carbonyl (C=O) groups excluding carboxylic acids is 1. The van der Waals surface area contributed by atoms with Crippen molar-refractivity contribution in [2.45, 2.75) is 31.7 Å². The fourth-order valence-electron chi connectivity index (χ4n) is 3.27. The van der Waals surface area contributed by atoms with E-state index in [1.54, 1.807) is 0 Å².